The van der Waals surface area contributed by atoms with Crippen LogP contribution in [0, 0.1) is 11.3 Å². The number of nitrogens with one attached hydrogen (secondary N) is 1. The molecule has 0 saturated heterocycles. The number of aromatic nitrogens is 2. The minimum Gasteiger partial charge on any atom is -0.491 e. The second kappa shape index (κ2) is 9.46. The smallest absolute Gasteiger partial charge is 0.414 e. The number of aliphatic hydroxyl groups is 1. The third-order valence-electron chi connectivity index (χ3n) is 6.57. The van der Waals surface area contributed by atoms with Crippen molar-refractivity contribution in [3.05, 3.63) is 58.2 Å². The number of ether oxygens (including phenoxy) is 2. The molecule has 0 aliphatic carbocycles. The summed E-state index contributed by atoms with van der Waals surface area (Å²) in [5.41, 5.74) is 2.83. The minimum absolute atomic E-state index is 0.183. The summed E-state index contributed by atoms with van der Waals surface area (Å²) in [7, 11) is 0. The number of fused-ring (bicyclic) bond motifs is 2. The van der Waals surface area contributed by atoms with E-state index in [1.807, 2.05) is 19.1 Å². The Labute approximate surface area is 226 Å². The second-order valence-corrected chi connectivity index (χ2v) is 11.2. The molecule has 38 heavy (non-hydrogen) atoms. The molecule has 9 nitrogen and oxygen atoms in total. The number of halogens is 1. The van der Waals surface area contributed by atoms with E-state index in [2.05, 4.69) is 21.4 Å². The summed E-state index contributed by atoms with van der Waals surface area (Å²) in [6, 6.07) is 11.2. The maximum atomic E-state index is 13.0. The van der Waals surface area contributed by atoms with E-state index < -0.39 is 17.1 Å². The summed E-state index contributed by atoms with van der Waals surface area (Å²) < 4.78 is 11.4. The third kappa shape index (κ3) is 4.73. The van der Waals surface area contributed by atoms with Gasteiger partial charge in [-0.15, -0.1) is 0 Å². The lowest BCUT2D eigenvalue weighted by molar-refractivity contribution is 0.0575. The van der Waals surface area contributed by atoms with E-state index >= 15 is 0 Å². The summed E-state index contributed by atoms with van der Waals surface area (Å²) in [6.45, 7) is 7.76. The lowest BCUT2D eigenvalue weighted by Gasteiger charge is -2.26. The Morgan fingerprint density at radius 2 is 2.13 bits per heavy atom. The third-order valence-corrected chi connectivity index (χ3v) is 6.78. The molecule has 196 valence electrons. The molecular weight excluding hydrogens is 506 g/mol. The van der Waals surface area contributed by atoms with Crippen LogP contribution in [-0.2, 0) is 16.6 Å². The van der Waals surface area contributed by atoms with E-state index in [1.165, 1.54) is 4.90 Å². The van der Waals surface area contributed by atoms with Gasteiger partial charge in [0.05, 0.1) is 35.8 Å². The van der Waals surface area contributed by atoms with Gasteiger partial charge in [0.1, 0.15) is 17.4 Å². The van der Waals surface area contributed by atoms with Crippen LogP contribution in [0.25, 0.3) is 11.3 Å². The Kier molecular flexibility index (Phi) is 6.41. The highest BCUT2D eigenvalue weighted by molar-refractivity contribution is 6.31. The maximum absolute atomic E-state index is 13.0. The van der Waals surface area contributed by atoms with Gasteiger partial charge in [0.15, 0.2) is 0 Å². The first-order chi connectivity index (χ1) is 18.0. The summed E-state index contributed by atoms with van der Waals surface area (Å²) in [6.07, 6.45) is 1.83. The molecule has 2 N–H and O–H groups in total. The van der Waals surface area contributed by atoms with Crippen molar-refractivity contribution >= 4 is 35.0 Å². The van der Waals surface area contributed by atoms with Crippen LogP contribution in [0.1, 0.15) is 44.4 Å². The summed E-state index contributed by atoms with van der Waals surface area (Å²) in [5.74, 6) is 1.07. The molecule has 1 aromatic heterocycles. The van der Waals surface area contributed by atoms with Crippen LogP contribution in [0.15, 0.2) is 36.5 Å². The molecule has 3 heterocycles. The van der Waals surface area contributed by atoms with Gasteiger partial charge in [-0.05, 0) is 56.7 Å². The number of nitrogens with zero attached hydrogens (tertiary/aromatic N) is 4. The molecule has 1 amide bonds. The number of rotatable bonds is 4. The molecule has 0 fully saturated rings. The monoisotopic (exact) mass is 533 g/mol. The van der Waals surface area contributed by atoms with Crippen molar-refractivity contribution in [2.45, 2.75) is 45.1 Å². The van der Waals surface area contributed by atoms with Crippen molar-refractivity contribution in [2.24, 2.45) is 0 Å². The van der Waals surface area contributed by atoms with Gasteiger partial charge in [-0.2, -0.15) is 5.26 Å². The lowest BCUT2D eigenvalue weighted by atomic mass is 9.83. The topological polar surface area (TPSA) is 121 Å². The molecule has 2 aliphatic heterocycles. The number of benzene rings is 2. The van der Waals surface area contributed by atoms with Gasteiger partial charge in [-0.3, -0.25) is 4.90 Å². The zero-order valence-corrected chi connectivity index (χ0v) is 22.4. The molecule has 0 saturated carbocycles. The predicted molar refractivity (Wildman–Crippen MR) is 144 cm³/mol. The van der Waals surface area contributed by atoms with Gasteiger partial charge < -0.3 is 19.9 Å². The fourth-order valence-electron chi connectivity index (χ4n) is 4.80. The van der Waals surface area contributed by atoms with E-state index in [9.17, 15) is 15.2 Å². The van der Waals surface area contributed by atoms with E-state index in [0.717, 1.165) is 17.7 Å². The Hall–Kier alpha value is -3.87. The molecular formula is C28H28ClN5O4. The Morgan fingerprint density at radius 1 is 1.34 bits per heavy atom. The Bertz CT molecular complexity index is 1480. The van der Waals surface area contributed by atoms with Gasteiger partial charge in [0.2, 0.25) is 5.95 Å². The highest BCUT2D eigenvalue weighted by Gasteiger charge is 2.44. The first kappa shape index (κ1) is 25.8. The van der Waals surface area contributed by atoms with Crippen molar-refractivity contribution in [1.29, 1.82) is 5.26 Å². The van der Waals surface area contributed by atoms with Gasteiger partial charge in [0, 0.05) is 40.7 Å². The van der Waals surface area contributed by atoms with Crippen molar-refractivity contribution in [3.63, 3.8) is 0 Å². The number of amides is 1. The average molecular weight is 534 g/mol. The van der Waals surface area contributed by atoms with E-state index in [0.29, 0.717) is 45.8 Å². The summed E-state index contributed by atoms with van der Waals surface area (Å²) >= 11 is 6.29. The zero-order valence-electron chi connectivity index (χ0n) is 21.6. The summed E-state index contributed by atoms with van der Waals surface area (Å²) in [5, 5.41) is 24.2. The molecule has 3 aromatic rings. The van der Waals surface area contributed by atoms with Crippen LogP contribution < -0.4 is 15.0 Å². The quantitative estimate of drug-likeness (QED) is 0.460. The SMILES string of the molecule is CC(C)(C)OC(=O)N1CC(C)(CO)c2cc(-c3ccnc(Nc4cc(Cl)cc5c4OCC5)n3)cc(C#N)c21. The largest absolute Gasteiger partial charge is 0.491 e. The fourth-order valence-corrected chi connectivity index (χ4v) is 5.04. The molecule has 10 heteroatoms. The Morgan fingerprint density at radius 3 is 2.84 bits per heavy atom. The standard InChI is InChI=1S/C28H28ClN5O4/c1-27(2,3)38-26(36)34-14-28(4,15-35)20-11-17(9-18(13-30)23(20)34)21-5-7-31-25(32-21)33-22-12-19(29)10-16-6-8-37-24(16)22/h5,7,9-12,35H,6,8,14-15H2,1-4H3,(H,31,32,33). The first-order valence-electron chi connectivity index (χ1n) is 12.3. The predicted octanol–water partition coefficient (Wildman–Crippen LogP) is 5.35. The van der Waals surface area contributed by atoms with E-state index in [-0.39, 0.29) is 18.7 Å². The number of carbonyl (C=O) groups excluding carboxylic acids is 1. The first-order valence-corrected chi connectivity index (χ1v) is 12.6. The number of carbonyl (C=O) groups is 1. The molecule has 1 atom stereocenters. The normalized spacial score (nSPS) is 17.9. The Balaban J connectivity index is 1.54. The van der Waals surface area contributed by atoms with Crippen molar-refractivity contribution in [3.8, 4) is 23.1 Å². The number of aliphatic hydroxyl groups excluding tert-OH is 1. The van der Waals surface area contributed by atoms with Gasteiger partial charge in [-0.25, -0.2) is 14.8 Å². The maximum Gasteiger partial charge on any atom is 0.414 e. The average Bonchev–Trinajstić information content (AvgIpc) is 3.46. The molecule has 0 radical (unpaired) electrons. The molecule has 2 aromatic carbocycles. The molecule has 0 bridgehead atoms. The van der Waals surface area contributed by atoms with E-state index in [1.54, 1.807) is 45.2 Å². The minimum atomic E-state index is -0.791. The van der Waals surface area contributed by atoms with Crippen molar-refractivity contribution in [1.82, 2.24) is 9.97 Å². The van der Waals surface area contributed by atoms with Crippen LogP contribution in [-0.4, -0.2) is 46.5 Å². The highest BCUT2D eigenvalue weighted by atomic mass is 35.5. The van der Waals surface area contributed by atoms with Gasteiger partial charge in [-0.1, -0.05) is 18.5 Å². The van der Waals surface area contributed by atoms with Crippen LogP contribution in [0.3, 0.4) is 0 Å². The highest BCUT2D eigenvalue weighted by Crippen LogP contribution is 2.45. The molecule has 2 aliphatic rings. The number of anilines is 3. The number of hydrogen-bond acceptors (Lipinski definition) is 8. The molecule has 1 unspecified atom stereocenters. The van der Waals surface area contributed by atoms with Gasteiger partial charge in [0.25, 0.3) is 0 Å². The zero-order chi connectivity index (χ0) is 27.2. The van der Waals surface area contributed by atoms with Crippen molar-refractivity contribution in [2.75, 3.05) is 30.0 Å². The number of nitriles is 1. The van der Waals surface area contributed by atoms with E-state index in [4.69, 9.17) is 21.1 Å². The van der Waals surface area contributed by atoms with Crippen LogP contribution in [0.4, 0.5) is 22.1 Å². The molecule has 5 rings (SSSR count). The number of hydrogen-bond donors (Lipinski definition) is 2. The van der Waals surface area contributed by atoms with Crippen LogP contribution in [0.2, 0.25) is 5.02 Å². The second-order valence-electron chi connectivity index (χ2n) is 10.7. The van der Waals surface area contributed by atoms with Crippen LogP contribution >= 0.6 is 11.6 Å². The fraction of sp³-hybridized carbons (Fsp3) is 0.357. The molecule has 0 spiro atoms. The van der Waals surface area contributed by atoms with Gasteiger partial charge >= 0.3 is 6.09 Å². The lowest BCUT2D eigenvalue weighted by Crippen LogP contribution is -2.40. The summed E-state index contributed by atoms with van der Waals surface area (Å²) in [4.78, 5) is 23.5. The van der Waals surface area contributed by atoms with Crippen molar-refractivity contribution < 1.29 is 19.4 Å². The van der Waals surface area contributed by atoms with Crippen LogP contribution in [0.5, 0.6) is 5.75 Å².